The van der Waals surface area contributed by atoms with Gasteiger partial charge < -0.3 is 4.42 Å². The van der Waals surface area contributed by atoms with Crippen molar-refractivity contribution in [3.63, 3.8) is 0 Å². The fourth-order valence-electron chi connectivity index (χ4n) is 2.09. The smallest absolute Gasteiger partial charge is 0.151 e. The molecule has 0 bridgehead atoms. The van der Waals surface area contributed by atoms with Crippen LogP contribution in [0.5, 0.6) is 0 Å². The Bertz CT molecular complexity index is 772. The van der Waals surface area contributed by atoms with Crippen LogP contribution in [0.3, 0.4) is 0 Å². The molecule has 0 amide bonds. The molecule has 0 N–H and O–H groups in total. The van der Waals surface area contributed by atoms with Gasteiger partial charge in [0.25, 0.3) is 0 Å². The van der Waals surface area contributed by atoms with Gasteiger partial charge in [-0.3, -0.25) is 4.79 Å². The standard InChI is InChI=1S/C16H11ClO2/c1-10-2-5-15-12(6-10)8-16(19-15)11-3-4-14(17)13(7-11)9-18/h2-9H,1H3. The summed E-state index contributed by atoms with van der Waals surface area (Å²) in [5, 5.41) is 1.50. The van der Waals surface area contributed by atoms with Gasteiger partial charge in [-0.15, -0.1) is 0 Å². The van der Waals surface area contributed by atoms with E-state index in [-0.39, 0.29) is 0 Å². The van der Waals surface area contributed by atoms with E-state index in [1.807, 2.05) is 31.2 Å². The minimum atomic E-state index is 0.450. The number of carbonyl (C=O) groups excluding carboxylic acids is 1. The largest absolute Gasteiger partial charge is 0.456 e. The number of aldehydes is 1. The van der Waals surface area contributed by atoms with Crippen LogP contribution in [-0.2, 0) is 0 Å². The van der Waals surface area contributed by atoms with E-state index in [2.05, 4.69) is 6.07 Å². The molecule has 94 valence electrons. The highest BCUT2D eigenvalue weighted by atomic mass is 35.5. The minimum Gasteiger partial charge on any atom is -0.456 e. The Morgan fingerprint density at radius 2 is 1.95 bits per heavy atom. The third-order valence-corrected chi connectivity index (χ3v) is 3.42. The lowest BCUT2D eigenvalue weighted by molar-refractivity contribution is 0.112. The third-order valence-electron chi connectivity index (χ3n) is 3.08. The SMILES string of the molecule is Cc1ccc2oc(-c3ccc(Cl)c(C=O)c3)cc2c1. The maximum Gasteiger partial charge on any atom is 0.151 e. The Balaban J connectivity index is 2.16. The number of carbonyl (C=O) groups is 1. The van der Waals surface area contributed by atoms with E-state index in [0.717, 1.165) is 28.6 Å². The summed E-state index contributed by atoms with van der Waals surface area (Å²) < 4.78 is 5.79. The first-order valence-electron chi connectivity index (χ1n) is 5.93. The lowest BCUT2D eigenvalue weighted by Crippen LogP contribution is -1.83. The number of hydrogen-bond acceptors (Lipinski definition) is 2. The van der Waals surface area contributed by atoms with Crippen molar-refractivity contribution in [1.29, 1.82) is 0 Å². The summed E-state index contributed by atoms with van der Waals surface area (Å²) in [6, 6.07) is 13.3. The van der Waals surface area contributed by atoms with Crippen LogP contribution < -0.4 is 0 Å². The van der Waals surface area contributed by atoms with Crippen molar-refractivity contribution in [2.24, 2.45) is 0 Å². The highest BCUT2D eigenvalue weighted by Crippen LogP contribution is 2.30. The molecule has 0 aliphatic rings. The van der Waals surface area contributed by atoms with Crippen LogP contribution in [-0.4, -0.2) is 6.29 Å². The molecule has 3 aromatic rings. The molecule has 2 aromatic carbocycles. The average Bonchev–Trinajstić information content (AvgIpc) is 2.82. The Morgan fingerprint density at radius 3 is 2.74 bits per heavy atom. The van der Waals surface area contributed by atoms with Crippen molar-refractivity contribution in [3.8, 4) is 11.3 Å². The Kier molecular flexibility index (Phi) is 2.88. The van der Waals surface area contributed by atoms with Crippen LogP contribution in [0.4, 0.5) is 0 Å². The van der Waals surface area contributed by atoms with Gasteiger partial charge in [0, 0.05) is 16.5 Å². The molecule has 3 rings (SSSR count). The summed E-state index contributed by atoms with van der Waals surface area (Å²) in [5.74, 6) is 0.736. The van der Waals surface area contributed by atoms with Crippen LogP contribution in [0.2, 0.25) is 5.02 Å². The maximum absolute atomic E-state index is 10.9. The predicted molar refractivity (Wildman–Crippen MR) is 76.8 cm³/mol. The van der Waals surface area contributed by atoms with Crippen molar-refractivity contribution >= 4 is 28.9 Å². The maximum atomic E-state index is 10.9. The Hall–Kier alpha value is -2.06. The number of fused-ring (bicyclic) bond motifs is 1. The van der Waals surface area contributed by atoms with E-state index >= 15 is 0 Å². The van der Waals surface area contributed by atoms with E-state index in [1.54, 1.807) is 12.1 Å². The quantitative estimate of drug-likeness (QED) is 0.622. The summed E-state index contributed by atoms with van der Waals surface area (Å²) in [4.78, 5) is 10.9. The molecule has 0 aliphatic carbocycles. The number of halogens is 1. The van der Waals surface area contributed by atoms with Gasteiger partial charge in [-0.05, 0) is 43.3 Å². The van der Waals surface area contributed by atoms with Crippen molar-refractivity contribution in [3.05, 3.63) is 58.6 Å². The van der Waals surface area contributed by atoms with Crippen LogP contribution in [0, 0.1) is 6.92 Å². The van der Waals surface area contributed by atoms with E-state index in [4.69, 9.17) is 16.0 Å². The van der Waals surface area contributed by atoms with E-state index in [9.17, 15) is 4.79 Å². The number of benzene rings is 2. The monoisotopic (exact) mass is 270 g/mol. The molecule has 0 atom stereocenters. The molecule has 0 unspecified atom stereocenters. The van der Waals surface area contributed by atoms with Crippen LogP contribution in [0.1, 0.15) is 15.9 Å². The lowest BCUT2D eigenvalue weighted by Gasteiger charge is -1.99. The van der Waals surface area contributed by atoms with Gasteiger partial charge in [-0.25, -0.2) is 0 Å². The first-order valence-corrected chi connectivity index (χ1v) is 6.30. The molecule has 1 heterocycles. The second kappa shape index (κ2) is 4.56. The first kappa shape index (κ1) is 12.0. The van der Waals surface area contributed by atoms with Gasteiger partial charge in [0.1, 0.15) is 11.3 Å². The highest BCUT2D eigenvalue weighted by Gasteiger charge is 2.08. The van der Waals surface area contributed by atoms with Gasteiger partial charge in [0.15, 0.2) is 6.29 Å². The van der Waals surface area contributed by atoms with Crippen LogP contribution in [0.15, 0.2) is 46.9 Å². The fraction of sp³-hybridized carbons (Fsp3) is 0.0625. The molecule has 0 spiro atoms. The van der Waals surface area contributed by atoms with E-state index in [0.29, 0.717) is 10.6 Å². The molecule has 0 saturated heterocycles. The fourth-order valence-corrected chi connectivity index (χ4v) is 2.25. The number of furan rings is 1. The van der Waals surface area contributed by atoms with Crippen molar-refractivity contribution in [1.82, 2.24) is 0 Å². The number of aryl methyl sites for hydroxylation is 1. The zero-order valence-corrected chi connectivity index (χ0v) is 11.1. The molecular formula is C16H11ClO2. The summed E-state index contributed by atoms with van der Waals surface area (Å²) in [6.45, 7) is 2.04. The highest BCUT2D eigenvalue weighted by molar-refractivity contribution is 6.33. The summed E-state index contributed by atoms with van der Waals surface area (Å²) in [6.07, 6.45) is 0.749. The zero-order chi connectivity index (χ0) is 13.4. The molecule has 0 fully saturated rings. The zero-order valence-electron chi connectivity index (χ0n) is 10.3. The van der Waals surface area contributed by atoms with Crippen molar-refractivity contribution in [2.75, 3.05) is 0 Å². The number of hydrogen-bond donors (Lipinski definition) is 0. The first-order chi connectivity index (χ1) is 9.17. The molecule has 1 aromatic heterocycles. The molecule has 0 aliphatic heterocycles. The average molecular weight is 271 g/mol. The van der Waals surface area contributed by atoms with E-state index < -0.39 is 0 Å². The van der Waals surface area contributed by atoms with Gasteiger partial charge in [-0.1, -0.05) is 23.2 Å². The van der Waals surface area contributed by atoms with Crippen LogP contribution >= 0.6 is 11.6 Å². The Labute approximate surface area is 115 Å². The molecule has 2 nitrogen and oxygen atoms in total. The van der Waals surface area contributed by atoms with Crippen molar-refractivity contribution < 1.29 is 9.21 Å². The number of rotatable bonds is 2. The topological polar surface area (TPSA) is 30.2 Å². The second-order valence-corrected chi connectivity index (χ2v) is 4.91. The summed E-state index contributed by atoms with van der Waals surface area (Å²) >= 11 is 5.92. The van der Waals surface area contributed by atoms with E-state index in [1.165, 1.54) is 5.56 Å². The third kappa shape index (κ3) is 2.15. The van der Waals surface area contributed by atoms with Crippen molar-refractivity contribution in [2.45, 2.75) is 6.92 Å². The summed E-state index contributed by atoms with van der Waals surface area (Å²) in [7, 11) is 0. The van der Waals surface area contributed by atoms with Gasteiger partial charge in [0.05, 0.1) is 5.02 Å². The second-order valence-electron chi connectivity index (χ2n) is 4.51. The molecule has 19 heavy (non-hydrogen) atoms. The van der Waals surface area contributed by atoms with Gasteiger partial charge in [-0.2, -0.15) is 0 Å². The molecule has 3 heteroatoms. The van der Waals surface area contributed by atoms with Gasteiger partial charge >= 0.3 is 0 Å². The summed E-state index contributed by atoms with van der Waals surface area (Å²) in [5.41, 5.74) is 3.34. The lowest BCUT2D eigenvalue weighted by atomic mass is 10.1. The molecular weight excluding hydrogens is 260 g/mol. The molecule has 0 radical (unpaired) electrons. The predicted octanol–water partition coefficient (Wildman–Crippen LogP) is 4.87. The Morgan fingerprint density at radius 1 is 1.11 bits per heavy atom. The minimum absolute atomic E-state index is 0.450. The van der Waals surface area contributed by atoms with Crippen LogP contribution in [0.25, 0.3) is 22.3 Å². The van der Waals surface area contributed by atoms with Gasteiger partial charge in [0.2, 0.25) is 0 Å². The normalized spacial score (nSPS) is 10.8. The molecule has 0 saturated carbocycles.